The molecule has 0 unspecified atom stereocenters. The quantitative estimate of drug-likeness (QED) is 0.816. The van der Waals surface area contributed by atoms with Crippen LogP contribution in [-0.2, 0) is 4.79 Å². The predicted molar refractivity (Wildman–Crippen MR) is 60.2 cm³/mol. The molecule has 0 saturated carbocycles. The summed E-state index contributed by atoms with van der Waals surface area (Å²) < 4.78 is 5.14. The van der Waals surface area contributed by atoms with Crippen molar-refractivity contribution in [2.24, 2.45) is 5.92 Å². The summed E-state index contributed by atoms with van der Waals surface area (Å²) in [5, 5.41) is 5.18. The minimum atomic E-state index is -0.273. The molecular weight excluding hydrogens is 208 g/mol. The van der Waals surface area contributed by atoms with E-state index in [0.717, 1.165) is 0 Å². The van der Waals surface area contributed by atoms with Crippen molar-refractivity contribution >= 4 is 17.7 Å². The lowest BCUT2D eigenvalue weighted by Gasteiger charge is -2.05. The van der Waals surface area contributed by atoms with Gasteiger partial charge in [0.15, 0.2) is 11.6 Å². The fourth-order valence-electron chi connectivity index (χ4n) is 1.08. The molecule has 0 radical (unpaired) electrons. The first-order valence-corrected chi connectivity index (χ1v) is 5.14. The van der Waals surface area contributed by atoms with E-state index in [2.05, 4.69) is 10.6 Å². The molecule has 1 heterocycles. The van der Waals surface area contributed by atoms with Gasteiger partial charge >= 0.3 is 0 Å². The monoisotopic (exact) mass is 224 g/mol. The third-order valence-corrected chi connectivity index (χ3v) is 1.80. The highest BCUT2D eigenvalue weighted by Crippen LogP contribution is 2.12. The van der Waals surface area contributed by atoms with Crippen LogP contribution in [0.5, 0.6) is 0 Å². The molecule has 16 heavy (non-hydrogen) atoms. The zero-order valence-electron chi connectivity index (χ0n) is 9.66. The molecule has 0 atom stereocenters. The molecule has 2 amide bonds. The van der Waals surface area contributed by atoms with E-state index in [0.29, 0.717) is 12.5 Å². The number of hydrogen-bond acceptors (Lipinski definition) is 3. The molecule has 5 nitrogen and oxygen atoms in total. The van der Waals surface area contributed by atoms with Crippen molar-refractivity contribution in [1.29, 1.82) is 0 Å². The van der Waals surface area contributed by atoms with E-state index >= 15 is 0 Å². The van der Waals surface area contributed by atoms with Crippen molar-refractivity contribution in [1.82, 2.24) is 5.32 Å². The average Bonchev–Trinajstić information content (AvgIpc) is 2.61. The number of hydrogen-bond donors (Lipinski definition) is 2. The molecule has 0 bridgehead atoms. The van der Waals surface area contributed by atoms with Crippen molar-refractivity contribution in [3.05, 3.63) is 17.9 Å². The topological polar surface area (TPSA) is 71.3 Å². The number of rotatable bonds is 4. The van der Waals surface area contributed by atoms with Gasteiger partial charge in [0.25, 0.3) is 5.91 Å². The van der Waals surface area contributed by atoms with Crippen LogP contribution in [0.25, 0.3) is 0 Å². The van der Waals surface area contributed by atoms with E-state index in [4.69, 9.17) is 4.42 Å². The lowest BCUT2D eigenvalue weighted by Crippen LogP contribution is -2.26. The van der Waals surface area contributed by atoms with Crippen LogP contribution in [0.3, 0.4) is 0 Å². The zero-order valence-corrected chi connectivity index (χ0v) is 9.66. The Balaban J connectivity index is 2.56. The lowest BCUT2D eigenvalue weighted by atomic mass is 10.2. The molecule has 0 aliphatic rings. The van der Waals surface area contributed by atoms with Crippen molar-refractivity contribution in [3.63, 3.8) is 0 Å². The van der Waals surface area contributed by atoms with Gasteiger partial charge in [-0.3, -0.25) is 14.9 Å². The largest absolute Gasteiger partial charge is 0.435 e. The first-order valence-electron chi connectivity index (χ1n) is 5.14. The summed E-state index contributed by atoms with van der Waals surface area (Å²) in [5.41, 5.74) is 0. The Morgan fingerprint density at radius 2 is 2.06 bits per heavy atom. The molecule has 1 rings (SSSR count). The normalized spacial score (nSPS) is 10.2. The lowest BCUT2D eigenvalue weighted by molar-refractivity contribution is -0.114. The van der Waals surface area contributed by atoms with Gasteiger partial charge in [0, 0.05) is 19.5 Å². The van der Waals surface area contributed by atoms with Gasteiger partial charge < -0.3 is 9.73 Å². The molecule has 0 aliphatic heterocycles. The maximum absolute atomic E-state index is 11.5. The van der Waals surface area contributed by atoms with Gasteiger partial charge in [-0.15, -0.1) is 0 Å². The Hall–Kier alpha value is -1.78. The van der Waals surface area contributed by atoms with Gasteiger partial charge in [-0.05, 0) is 12.0 Å². The van der Waals surface area contributed by atoms with Crippen molar-refractivity contribution in [2.75, 3.05) is 11.9 Å². The van der Waals surface area contributed by atoms with Gasteiger partial charge in [-0.2, -0.15) is 0 Å². The highest BCUT2D eigenvalue weighted by atomic mass is 16.4. The van der Waals surface area contributed by atoms with E-state index in [1.54, 1.807) is 6.07 Å². The van der Waals surface area contributed by atoms with Crippen molar-refractivity contribution in [3.8, 4) is 0 Å². The van der Waals surface area contributed by atoms with Crippen LogP contribution in [0, 0.1) is 5.92 Å². The van der Waals surface area contributed by atoms with Gasteiger partial charge in [-0.1, -0.05) is 13.8 Å². The second-order valence-corrected chi connectivity index (χ2v) is 3.95. The number of carbonyl (C=O) groups is 2. The van der Waals surface area contributed by atoms with E-state index in [1.165, 1.54) is 13.0 Å². The van der Waals surface area contributed by atoms with Crippen LogP contribution in [0.4, 0.5) is 5.88 Å². The molecule has 0 spiro atoms. The summed E-state index contributed by atoms with van der Waals surface area (Å²) in [7, 11) is 0. The fourth-order valence-corrected chi connectivity index (χ4v) is 1.08. The predicted octanol–water partition coefficient (Wildman–Crippen LogP) is 1.62. The fraction of sp³-hybridized carbons (Fsp3) is 0.455. The van der Waals surface area contributed by atoms with Gasteiger partial charge in [0.05, 0.1) is 0 Å². The van der Waals surface area contributed by atoms with E-state index in [-0.39, 0.29) is 23.5 Å². The first-order chi connectivity index (χ1) is 7.49. The van der Waals surface area contributed by atoms with E-state index in [1.807, 2.05) is 13.8 Å². The van der Waals surface area contributed by atoms with Crippen LogP contribution in [0.2, 0.25) is 0 Å². The third kappa shape index (κ3) is 3.76. The summed E-state index contributed by atoms with van der Waals surface area (Å²) in [6.07, 6.45) is 0. The summed E-state index contributed by atoms with van der Waals surface area (Å²) >= 11 is 0. The zero-order chi connectivity index (χ0) is 12.1. The second-order valence-electron chi connectivity index (χ2n) is 3.95. The summed E-state index contributed by atoms with van der Waals surface area (Å²) in [5.74, 6) is 0.356. The number of nitrogens with one attached hydrogen (secondary N) is 2. The standard InChI is InChI=1S/C11H16N2O3/c1-7(2)6-12-11(15)9-4-5-10(16-9)13-8(3)14/h4-5,7H,6H2,1-3H3,(H,12,15)(H,13,14). The molecular formula is C11H16N2O3. The van der Waals surface area contributed by atoms with Crippen molar-refractivity contribution in [2.45, 2.75) is 20.8 Å². The second kappa shape index (κ2) is 5.34. The Bertz CT molecular complexity index is 382. The van der Waals surface area contributed by atoms with Crippen molar-refractivity contribution < 1.29 is 14.0 Å². The molecule has 0 saturated heterocycles. The summed E-state index contributed by atoms with van der Waals surface area (Å²) in [4.78, 5) is 22.3. The minimum Gasteiger partial charge on any atom is -0.435 e. The number of amides is 2. The van der Waals surface area contributed by atoms with Crippen LogP contribution < -0.4 is 10.6 Å². The number of carbonyl (C=O) groups excluding carboxylic acids is 2. The summed E-state index contributed by atoms with van der Waals surface area (Å²) in [6.45, 7) is 5.98. The Morgan fingerprint density at radius 3 is 2.62 bits per heavy atom. The SMILES string of the molecule is CC(=O)Nc1ccc(C(=O)NCC(C)C)o1. The number of anilines is 1. The third-order valence-electron chi connectivity index (χ3n) is 1.80. The maximum Gasteiger partial charge on any atom is 0.287 e. The maximum atomic E-state index is 11.5. The average molecular weight is 224 g/mol. The molecule has 1 aromatic heterocycles. The smallest absolute Gasteiger partial charge is 0.287 e. The highest BCUT2D eigenvalue weighted by molar-refractivity contribution is 5.93. The molecule has 5 heteroatoms. The van der Waals surface area contributed by atoms with Crippen LogP contribution >= 0.6 is 0 Å². The van der Waals surface area contributed by atoms with Gasteiger partial charge in [-0.25, -0.2) is 0 Å². The van der Waals surface area contributed by atoms with Gasteiger partial charge in [0.2, 0.25) is 5.91 Å². The summed E-state index contributed by atoms with van der Waals surface area (Å²) in [6, 6.07) is 3.08. The molecule has 2 N–H and O–H groups in total. The number of furan rings is 1. The van der Waals surface area contributed by atoms with Crippen LogP contribution in [-0.4, -0.2) is 18.4 Å². The van der Waals surface area contributed by atoms with Crippen LogP contribution in [0.15, 0.2) is 16.5 Å². The van der Waals surface area contributed by atoms with Gasteiger partial charge in [0.1, 0.15) is 0 Å². The molecule has 0 aliphatic carbocycles. The Labute approximate surface area is 94.2 Å². The Morgan fingerprint density at radius 1 is 1.38 bits per heavy atom. The minimum absolute atomic E-state index is 0.199. The molecule has 88 valence electrons. The first kappa shape index (κ1) is 12.3. The molecule has 0 fully saturated rings. The Kier molecular flexibility index (Phi) is 4.10. The molecule has 0 aromatic carbocycles. The van der Waals surface area contributed by atoms with E-state index < -0.39 is 0 Å². The van der Waals surface area contributed by atoms with Crippen LogP contribution in [0.1, 0.15) is 31.3 Å². The highest BCUT2D eigenvalue weighted by Gasteiger charge is 2.11. The van der Waals surface area contributed by atoms with E-state index in [9.17, 15) is 9.59 Å². The molecule has 1 aromatic rings.